The first-order chi connectivity index (χ1) is 7.58. The van der Waals surface area contributed by atoms with Gasteiger partial charge in [0, 0.05) is 5.88 Å². The van der Waals surface area contributed by atoms with Gasteiger partial charge in [-0.05, 0) is 23.6 Å². The van der Waals surface area contributed by atoms with Crippen molar-refractivity contribution in [1.82, 2.24) is 0 Å². The van der Waals surface area contributed by atoms with Crippen LogP contribution >= 0.6 is 11.6 Å². The Hall–Kier alpha value is -1.33. The van der Waals surface area contributed by atoms with Crippen LogP contribution in [0.4, 0.5) is 4.39 Å². The van der Waals surface area contributed by atoms with Crippen molar-refractivity contribution in [2.24, 2.45) is 5.92 Å². The lowest BCUT2D eigenvalue weighted by Gasteiger charge is -2.07. The number of halogens is 2. The molecule has 84 valence electrons. The first-order valence-corrected chi connectivity index (χ1v) is 5.58. The van der Waals surface area contributed by atoms with Crippen molar-refractivity contribution in [2.45, 2.75) is 13.8 Å². The summed E-state index contributed by atoms with van der Waals surface area (Å²) < 4.78 is 13.1. The lowest BCUT2D eigenvalue weighted by atomic mass is 10.0. The topological polar surface area (TPSA) is 23.8 Å². The van der Waals surface area contributed by atoms with E-state index in [1.807, 2.05) is 26.0 Å². The van der Waals surface area contributed by atoms with E-state index in [0.717, 1.165) is 11.1 Å². The maximum absolute atomic E-state index is 13.1. The molecule has 0 N–H and O–H groups in total. The molecule has 0 amide bonds. The summed E-state index contributed by atoms with van der Waals surface area (Å²) in [6.45, 7) is 4.09. The van der Waals surface area contributed by atoms with Gasteiger partial charge < -0.3 is 0 Å². The van der Waals surface area contributed by atoms with Crippen LogP contribution in [-0.4, -0.2) is 5.88 Å². The Labute approximate surface area is 100 Å². The third-order valence-corrected chi connectivity index (χ3v) is 2.67. The molecule has 1 rings (SSSR count). The average Bonchev–Trinajstić information content (AvgIpc) is 2.27. The van der Waals surface area contributed by atoms with E-state index in [0.29, 0.717) is 11.8 Å². The van der Waals surface area contributed by atoms with Crippen LogP contribution in [0.3, 0.4) is 0 Å². The predicted molar refractivity (Wildman–Crippen MR) is 64.7 cm³/mol. The third-order valence-electron chi connectivity index (χ3n) is 2.36. The number of hydrogen-bond donors (Lipinski definition) is 0. The van der Waals surface area contributed by atoms with Gasteiger partial charge in [0.05, 0.1) is 5.56 Å². The summed E-state index contributed by atoms with van der Waals surface area (Å²) >= 11 is 5.81. The van der Waals surface area contributed by atoms with Crippen LogP contribution < -0.4 is 0 Å². The van der Waals surface area contributed by atoms with Crippen LogP contribution in [0.1, 0.15) is 25.0 Å². The van der Waals surface area contributed by atoms with Gasteiger partial charge in [-0.25, -0.2) is 4.39 Å². The van der Waals surface area contributed by atoms with Crippen LogP contribution in [-0.2, 0) is 0 Å². The first-order valence-electron chi connectivity index (χ1n) is 5.04. The van der Waals surface area contributed by atoms with E-state index in [1.165, 1.54) is 12.1 Å². The van der Waals surface area contributed by atoms with E-state index in [9.17, 15) is 4.39 Å². The fraction of sp³-hybridized carbons (Fsp3) is 0.308. The van der Waals surface area contributed by atoms with E-state index in [-0.39, 0.29) is 5.56 Å². The summed E-state index contributed by atoms with van der Waals surface area (Å²) in [7, 11) is 0. The van der Waals surface area contributed by atoms with Crippen molar-refractivity contribution in [3.8, 4) is 6.07 Å². The Morgan fingerprint density at radius 1 is 1.56 bits per heavy atom. The molecule has 0 spiro atoms. The Morgan fingerprint density at radius 3 is 2.75 bits per heavy atom. The molecule has 0 aromatic heterocycles. The van der Waals surface area contributed by atoms with Crippen LogP contribution in [0.2, 0.25) is 0 Å². The molecule has 1 nitrogen and oxygen atoms in total. The minimum Gasteiger partial charge on any atom is -0.206 e. The highest BCUT2D eigenvalue weighted by Crippen LogP contribution is 2.18. The van der Waals surface area contributed by atoms with Crippen molar-refractivity contribution in [1.29, 1.82) is 5.26 Å². The van der Waals surface area contributed by atoms with Gasteiger partial charge in [-0.2, -0.15) is 5.26 Å². The predicted octanol–water partition coefficient (Wildman–Crippen LogP) is 3.98. The molecular formula is C13H13ClFN. The number of alkyl halides is 1. The molecule has 0 atom stereocenters. The zero-order chi connectivity index (χ0) is 12.1. The highest BCUT2D eigenvalue weighted by molar-refractivity contribution is 6.19. The van der Waals surface area contributed by atoms with Gasteiger partial charge in [0.2, 0.25) is 0 Å². The van der Waals surface area contributed by atoms with Crippen LogP contribution in [0.25, 0.3) is 6.08 Å². The minimum absolute atomic E-state index is 0.0615. The van der Waals surface area contributed by atoms with Gasteiger partial charge in [-0.1, -0.05) is 31.6 Å². The average molecular weight is 238 g/mol. The largest absolute Gasteiger partial charge is 0.206 e. The molecular weight excluding hydrogens is 225 g/mol. The number of rotatable bonds is 3. The summed E-state index contributed by atoms with van der Waals surface area (Å²) in [4.78, 5) is 0. The maximum Gasteiger partial charge on any atom is 0.140 e. The summed E-state index contributed by atoms with van der Waals surface area (Å²) in [5.41, 5.74) is 1.94. The number of hydrogen-bond acceptors (Lipinski definition) is 1. The van der Waals surface area contributed by atoms with Gasteiger partial charge in [-0.3, -0.25) is 0 Å². The highest BCUT2D eigenvalue weighted by Gasteiger charge is 2.04. The van der Waals surface area contributed by atoms with Crippen molar-refractivity contribution >= 4 is 17.7 Å². The SMILES string of the molecule is CC(C)/C(=C/c1ccc(F)c(C#N)c1)CCl. The highest BCUT2D eigenvalue weighted by atomic mass is 35.5. The van der Waals surface area contributed by atoms with Crippen LogP contribution in [0.5, 0.6) is 0 Å². The van der Waals surface area contributed by atoms with Gasteiger partial charge in [-0.15, -0.1) is 11.6 Å². The third kappa shape index (κ3) is 3.08. The molecule has 0 bridgehead atoms. The molecule has 16 heavy (non-hydrogen) atoms. The zero-order valence-electron chi connectivity index (χ0n) is 9.30. The molecule has 0 aliphatic rings. The second-order valence-electron chi connectivity index (χ2n) is 3.86. The quantitative estimate of drug-likeness (QED) is 0.730. The fourth-order valence-electron chi connectivity index (χ4n) is 1.29. The van der Waals surface area contributed by atoms with Crippen molar-refractivity contribution in [3.63, 3.8) is 0 Å². The summed E-state index contributed by atoms with van der Waals surface area (Å²) in [5, 5.41) is 8.71. The van der Waals surface area contributed by atoms with E-state index in [2.05, 4.69) is 0 Å². The molecule has 0 radical (unpaired) electrons. The molecule has 3 heteroatoms. The molecule has 0 unspecified atom stereocenters. The number of nitriles is 1. The molecule has 0 aliphatic carbocycles. The van der Waals surface area contributed by atoms with E-state index in [1.54, 1.807) is 6.07 Å². The summed E-state index contributed by atoms with van der Waals surface area (Å²) in [6.07, 6.45) is 1.90. The lowest BCUT2D eigenvalue weighted by molar-refractivity contribution is 0.624. The minimum atomic E-state index is -0.489. The molecule has 0 aliphatic heterocycles. The molecule has 0 fully saturated rings. The molecule has 0 heterocycles. The van der Waals surface area contributed by atoms with Gasteiger partial charge >= 0.3 is 0 Å². The summed E-state index contributed by atoms with van der Waals surface area (Å²) in [6, 6.07) is 6.30. The monoisotopic (exact) mass is 237 g/mol. The Balaban J connectivity index is 3.11. The van der Waals surface area contributed by atoms with E-state index in [4.69, 9.17) is 16.9 Å². The molecule has 0 saturated heterocycles. The van der Waals surface area contributed by atoms with E-state index < -0.39 is 5.82 Å². The molecule has 0 saturated carbocycles. The Bertz CT molecular complexity index is 444. The van der Waals surface area contributed by atoms with Crippen molar-refractivity contribution in [3.05, 3.63) is 40.7 Å². The number of benzene rings is 1. The second-order valence-corrected chi connectivity index (χ2v) is 4.13. The maximum atomic E-state index is 13.1. The van der Waals surface area contributed by atoms with E-state index >= 15 is 0 Å². The molecule has 1 aromatic carbocycles. The Kier molecular flexibility index (Phi) is 4.52. The van der Waals surface area contributed by atoms with Gasteiger partial charge in [0.25, 0.3) is 0 Å². The van der Waals surface area contributed by atoms with Crippen molar-refractivity contribution < 1.29 is 4.39 Å². The first kappa shape index (κ1) is 12.7. The van der Waals surface area contributed by atoms with Crippen LogP contribution in [0.15, 0.2) is 23.8 Å². The lowest BCUT2D eigenvalue weighted by Crippen LogP contribution is -1.95. The number of nitrogens with zero attached hydrogens (tertiary/aromatic N) is 1. The molecule has 1 aromatic rings. The summed E-state index contributed by atoms with van der Waals surface area (Å²) in [5.74, 6) is 0.293. The second kappa shape index (κ2) is 5.67. The smallest absolute Gasteiger partial charge is 0.140 e. The fourth-order valence-corrected chi connectivity index (χ4v) is 1.68. The van der Waals surface area contributed by atoms with Gasteiger partial charge in [0.1, 0.15) is 11.9 Å². The van der Waals surface area contributed by atoms with Crippen LogP contribution in [0, 0.1) is 23.1 Å². The Morgan fingerprint density at radius 2 is 2.25 bits per heavy atom. The van der Waals surface area contributed by atoms with Crippen molar-refractivity contribution in [2.75, 3.05) is 5.88 Å². The zero-order valence-corrected chi connectivity index (χ0v) is 10.1. The number of allylic oxidation sites excluding steroid dienone is 1. The normalized spacial score (nSPS) is 11.6. The van der Waals surface area contributed by atoms with Gasteiger partial charge in [0.15, 0.2) is 0 Å². The standard InChI is InChI=1S/C13H13ClFN/c1-9(2)11(7-14)5-10-3-4-13(15)12(6-10)8-16/h3-6,9H,7H2,1-2H3/b11-5+.